The third kappa shape index (κ3) is 15.2. The number of nitrogens with zero attached hydrogens (tertiary/aromatic N) is 2. The van der Waals surface area contributed by atoms with Crippen molar-refractivity contribution in [1.82, 2.24) is 9.80 Å². The Hall–Kier alpha value is -1.82. The Kier molecular flexibility index (Phi) is 18.1. The van der Waals surface area contributed by atoms with Crippen molar-refractivity contribution in [2.24, 2.45) is 0 Å². The second kappa shape index (κ2) is 20.2. The first-order chi connectivity index (χ1) is 17.8. The molecule has 2 aromatic carbocycles. The average molecular weight is 578 g/mol. The Bertz CT molecular complexity index is 823. The number of likely N-dealkylation sites (N-methyl/N-ethyl adjacent to an activating group) is 1. The topological polar surface area (TPSA) is 6.48 Å². The van der Waals surface area contributed by atoms with Gasteiger partial charge in [0.05, 0.1) is 0 Å². The number of unbranched alkanes of at least 4 members (excludes halogenated alkanes) is 2. The van der Waals surface area contributed by atoms with Crippen molar-refractivity contribution in [2.45, 2.75) is 65.7 Å². The molecule has 1 aliphatic heterocycles. The van der Waals surface area contributed by atoms with Crippen LogP contribution >= 0.6 is 15.9 Å². The third-order valence-electron chi connectivity index (χ3n) is 6.40. The minimum Gasteiger partial charge on any atom is -0.301 e. The summed E-state index contributed by atoms with van der Waals surface area (Å²) in [7, 11) is 0. The molecular weight excluding hydrogens is 530 g/mol. The largest absolute Gasteiger partial charge is 0.301 e. The molecule has 5 heteroatoms. The van der Waals surface area contributed by atoms with Gasteiger partial charge in [-0.15, -0.1) is 0 Å². The summed E-state index contributed by atoms with van der Waals surface area (Å²) in [4.78, 5) is 5.08. The van der Waals surface area contributed by atoms with E-state index < -0.39 is 0 Å². The highest BCUT2D eigenvalue weighted by atomic mass is 79.9. The molecule has 206 valence electrons. The van der Waals surface area contributed by atoms with Crippen molar-refractivity contribution >= 4 is 15.9 Å². The van der Waals surface area contributed by atoms with E-state index in [1.165, 1.54) is 69.8 Å². The van der Waals surface area contributed by atoms with Crippen LogP contribution in [0.15, 0.2) is 71.7 Å². The molecular formula is C32H47BrF2N2. The number of piperazine rings is 1. The van der Waals surface area contributed by atoms with Crippen LogP contribution in [0, 0.1) is 11.6 Å². The zero-order chi connectivity index (χ0) is 27.5. The Morgan fingerprint density at radius 2 is 1.32 bits per heavy atom. The predicted octanol–water partition coefficient (Wildman–Crippen LogP) is 9.18. The maximum absolute atomic E-state index is 13.3. The second-order valence-electron chi connectivity index (χ2n) is 9.43. The van der Waals surface area contributed by atoms with Gasteiger partial charge < -0.3 is 9.80 Å². The van der Waals surface area contributed by atoms with Crippen LogP contribution in [-0.2, 0) is 0 Å². The van der Waals surface area contributed by atoms with Gasteiger partial charge in [-0.25, -0.2) is 8.78 Å². The molecule has 2 aromatic rings. The fourth-order valence-electron chi connectivity index (χ4n) is 4.34. The van der Waals surface area contributed by atoms with Crippen LogP contribution < -0.4 is 0 Å². The fourth-order valence-corrected chi connectivity index (χ4v) is 4.34. The van der Waals surface area contributed by atoms with Crippen LogP contribution in [-0.4, -0.2) is 49.1 Å². The maximum Gasteiger partial charge on any atom is 0.123 e. The lowest BCUT2D eigenvalue weighted by molar-refractivity contribution is 0.135. The standard InChI is InChI=1S/C24H32F2N2.C5H10.C3H5Br/c1-2-27-16-18-28(19-17-27)15-5-3-4-6-24(20-7-11-22(25)12-8-20)21-9-13-23(26)14-10-21;1-3-5-4-2;1-3(2)4/h7-14,24H,2-6,15-19H2,1H3;3,5H,4H2,1-2H3;1H2,2H3/b;5-3-;. The monoisotopic (exact) mass is 576 g/mol. The third-order valence-corrected chi connectivity index (χ3v) is 6.40. The van der Waals surface area contributed by atoms with Crippen LogP contribution in [0.4, 0.5) is 8.78 Å². The zero-order valence-electron chi connectivity index (χ0n) is 23.4. The summed E-state index contributed by atoms with van der Waals surface area (Å²) in [6, 6.07) is 13.5. The molecule has 0 N–H and O–H groups in total. The van der Waals surface area contributed by atoms with Gasteiger partial charge in [-0.2, -0.15) is 0 Å². The first kappa shape index (κ1) is 33.2. The minimum absolute atomic E-state index is 0.189. The average Bonchev–Trinajstić information content (AvgIpc) is 2.88. The van der Waals surface area contributed by atoms with Gasteiger partial charge in [-0.05, 0) is 86.1 Å². The van der Waals surface area contributed by atoms with Gasteiger partial charge in [-0.3, -0.25) is 0 Å². The molecule has 3 rings (SSSR count). The van der Waals surface area contributed by atoms with Gasteiger partial charge in [0.15, 0.2) is 0 Å². The highest BCUT2D eigenvalue weighted by Crippen LogP contribution is 2.30. The van der Waals surface area contributed by atoms with E-state index in [-0.39, 0.29) is 17.6 Å². The first-order valence-electron chi connectivity index (χ1n) is 13.7. The molecule has 1 heterocycles. The normalized spacial score (nSPS) is 14.2. The molecule has 0 aliphatic carbocycles. The van der Waals surface area contributed by atoms with E-state index in [4.69, 9.17) is 0 Å². The van der Waals surface area contributed by atoms with Crippen LogP contribution in [0.5, 0.6) is 0 Å². The molecule has 0 spiro atoms. The zero-order valence-corrected chi connectivity index (χ0v) is 25.0. The van der Waals surface area contributed by atoms with Gasteiger partial charge in [-0.1, -0.05) is 85.6 Å². The molecule has 37 heavy (non-hydrogen) atoms. The van der Waals surface area contributed by atoms with Crippen LogP contribution in [0.2, 0.25) is 0 Å². The summed E-state index contributed by atoms with van der Waals surface area (Å²) in [5.41, 5.74) is 2.20. The van der Waals surface area contributed by atoms with Crippen molar-refractivity contribution in [3.8, 4) is 0 Å². The van der Waals surface area contributed by atoms with Gasteiger partial charge in [0.2, 0.25) is 0 Å². The quantitative estimate of drug-likeness (QED) is 0.205. The van der Waals surface area contributed by atoms with Gasteiger partial charge in [0.25, 0.3) is 0 Å². The summed E-state index contributed by atoms with van der Waals surface area (Å²) < 4.78 is 27.6. The van der Waals surface area contributed by atoms with E-state index in [1.54, 1.807) is 0 Å². The SMILES string of the molecule is C/C=C\CC.C=C(C)Br.CCN1CCN(CCCCCC(c2ccc(F)cc2)c2ccc(F)cc2)CC1. The van der Waals surface area contributed by atoms with E-state index >= 15 is 0 Å². The number of halogens is 3. The van der Waals surface area contributed by atoms with Crippen LogP contribution in [0.1, 0.15) is 76.8 Å². The highest BCUT2D eigenvalue weighted by Gasteiger charge is 2.16. The van der Waals surface area contributed by atoms with Crippen molar-refractivity contribution in [3.63, 3.8) is 0 Å². The number of hydrogen-bond acceptors (Lipinski definition) is 2. The Balaban J connectivity index is 0.000000657. The molecule has 0 radical (unpaired) electrons. The Morgan fingerprint density at radius 1 is 0.865 bits per heavy atom. The summed E-state index contributed by atoms with van der Waals surface area (Å²) in [5.74, 6) is -0.246. The van der Waals surface area contributed by atoms with Crippen LogP contribution in [0.25, 0.3) is 0 Å². The van der Waals surface area contributed by atoms with E-state index in [2.05, 4.69) is 58.3 Å². The molecule has 0 amide bonds. The number of allylic oxidation sites excluding steroid dienone is 3. The summed E-state index contributed by atoms with van der Waals surface area (Å²) in [5, 5.41) is 0. The molecule has 0 atom stereocenters. The lowest BCUT2D eigenvalue weighted by atomic mass is 9.87. The van der Waals surface area contributed by atoms with E-state index in [0.717, 1.165) is 41.4 Å². The molecule has 0 bridgehead atoms. The lowest BCUT2D eigenvalue weighted by Gasteiger charge is -2.34. The second-order valence-corrected chi connectivity index (χ2v) is 10.8. The van der Waals surface area contributed by atoms with Crippen LogP contribution in [0.3, 0.4) is 0 Å². The van der Waals surface area contributed by atoms with E-state index in [9.17, 15) is 8.78 Å². The molecule has 1 fully saturated rings. The summed E-state index contributed by atoms with van der Waals surface area (Å²) in [6.07, 6.45) is 9.87. The molecule has 1 aliphatic rings. The number of hydrogen-bond donors (Lipinski definition) is 0. The molecule has 0 unspecified atom stereocenters. The number of benzene rings is 2. The highest BCUT2D eigenvalue weighted by molar-refractivity contribution is 9.11. The van der Waals surface area contributed by atoms with E-state index in [1.807, 2.05) is 38.1 Å². The molecule has 0 saturated carbocycles. The molecule has 0 aromatic heterocycles. The van der Waals surface area contributed by atoms with Crippen molar-refractivity contribution in [3.05, 3.63) is 94.5 Å². The predicted molar refractivity (Wildman–Crippen MR) is 161 cm³/mol. The maximum atomic E-state index is 13.3. The lowest BCUT2D eigenvalue weighted by Crippen LogP contribution is -2.46. The smallest absolute Gasteiger partial charge is 0.123 e. The van der Waals surface area contributed by atoms with Crippen molar-refractivity contribution < 1.29 is 8.78 Å². The van der Waals surface area contributed by atoms with Crippen molar-refractivity contribution in [2.75, 3.05) is 39.3 Å². The molecule has 1 saturated heterocycles. The van der Waals surface area contributed by atoms with Gasteiger partial charge in [0.1, 0.15) is 11.6 Å². The fraction of sp³-hybridized carbons (Fsp3) is 0.500. The number of rotatable bonds is 10. The van der Waals surface area contributed by atoms with Gasteiger partial charge in [0, 0.05) is 32.1 Å². The Labute approximate surface area is 233 Å². The Morgan fingerprint density at radius 3 is 1.70 bits per heavy atom. The summed E-state index contributed by atoms with van der Waals surface area (Å²) >= 11 is 3.08. The first-order valence-corrected chi connectivity index (χ1v) is 14.5. The minimum atomic E-state index is -0.218. The van der Waals surface area contributed by atoms with E-state index in [0.29, 0.717) is 0 Å². The van der Waals surface area contributed by atoms with Crippen molar-refractivity contribution in [1.29, 1.82) is 0 Å². The van der Waals surface area contributed by atoms with Gasteiger partial charge >= 0.3 is 0 Å². The summed E-state index contributed by atoms with van der Waals surface area (Å²) in [6.45, 7) is 18.8. The molecule has 2 nitrogen and oxygen atoms in total.